The average molecular weight is 250 g/mol. The molecule has 3 rings (SSSR count). The predicted molar refractivity (Wildman–Crippen MR) is 68.1 cm³/mol. The van der Waals surface area contributed by atoms with E-state index >= 15 is 0 Å². The van der Waals surface area contributed by atoms with Crippen LogP contribution in [0.4, 0.5) is 0 Å². The monoisotopic (exact) mass is 250 g/mol. The van der Waals surface area contributed by atoms with Crippen LogP contribution in [0.5, 0.6) is 0 Å². The van der Waals surface area contributed by atoms with Crippen LogP contribution < -0.4 is 5.32 Å². The zero-order chi connectivity index (χ0) is 12.4. The van der Waals surface area contributed by atoms with Gasteiger partial charge in [-0.1, -0.05) is 12.1 Å². The van der Waals surface area contributed by atoms with Crippen LogP contribution in [0, 0.1) is 0 Å². The minimum Gasteiger partial charge on any atom is -0.338 e. The fourth-order valence-electron chi connectivity index (χ4n) is 3.03. The first-order valence-corrected chi connectivity index (χ1v) is 7.13. The lowest BCUT2D eigenvalue weighted by atomic mass is 10.1. The summed E-state index contributed by atoms with van der Waals surface area (Å²) in [6.07, 6.45) is 5.88. The van der Waals surface area contributed by atoms with Crippen LogP contribution in [0.15, 0.2) is 4.52 Å². The van der Waals surface area contributed by atoms with E-state index in [2.05, 4.69) is 27.3 Å². The molecule has 2 atom stereocenters. The SMILES string of the molecule is CCCc1noc(CN2CCC3CCC(C2)N3)n1. The standard InChI is InChI=1S/C13H22N4O/c1-2-3-12-15-13(18-16-12)9-17-7-6-10-4-5-11(8-17)14-10/h10-11,14H,2-9H2,1H3. The zero-order valence-corrected chi connectivity index (χ0v) is 11.1. The van der Waals surface area contributed by atoms with Gasteiger partial charge in [0.05, 0.1) is 6.54 Å². The smallest absolute Gasteiger partial charge is 0.240 e. The highest BCUT2D eigenvalue weighted by atomic mass is 16.5. The van der Waals surface area contributed by atoms with E-state index in [1.165, 1.54) is 19.3 Å². The molecule has 2 bridgehead atoms. The van der Waals surface area contributed by atoms with Gasteiger partial charge in [0.2, 0.25) is 5.89 Å². The first-order valence-electron chi connectivity index (χ1n) is 7.13. The van der Waals surface area contributed by atoms with Gasteiger partial charge in [-0.15, -0.1) is 0 Å². The third-order valence-electron chi connectivity index (χ3n) is 3.95. The summed E-state index contributed by atoms with van der Waals surface area (Å²) in [6.45, 7) is 5.19. The summed E-state index contributed by atoms with van der Waals surface area (Å²) < 4.78 is 5.32. The lowest BCUT2D eigenvalue weighted by Gasteiger charge is -2.21. The summed E-state index contributed by atoms with van der Waals surface area (Å²) in [4.78, 5) is 6.89. The molecule has 2 aliphatic rings. The van der Waals surface area contributed by atoms with Gasteiger partial charge in [0, 0.05) is 31.6 Å². The van der Waals surface area contributed by atoms with Crippen molar-refractivity contribution in [3.8, 4) is 0 Å². The van der Waals surface area contributed by atoms with Crippen molar-refractivity contribution in [2.75, 3.05) is 13.1 Å². The minimum atomic E-state index is 0.663. The molecular weight excluding hydrogens is 228 g/mol. The summed E-state index contributed by atoms with van der Waals surface area (Å²) in [5.41, 5.74) is 0. The van der Waals surface area contributed by atoms with E-state index in [1.54, 1.807) is 0 Å². The summed E-state index contributed by atoms with van der Waals surface area (Å²) in [7, 11) is 0. The Kier molecular flexibility index (Phi) is 3.61. The Bertz CT molecular complexity index is 392. The topological polar surface area (TPSA) is 54.2 Å². The number of hydrogen-bond donors (Lipinski definition) is 1. The van der Waals surface area contributed by atoms with E-state index in [0.29, 0.717) is 6.04 Å². The van der Waals surface area contributed by atoms with Gasteiger partial charge in [-0.3, -0.25) is 4.90 Å². The molecule has 0 aromatic carbocycles. The van der Waals surface area contributed by atoms with Gasteiger partial charge in [0.1, 0.15) is 0 Å². The quantitative estimate of drug-likeness (QED) is 0.874. The van der Waals surface area contributed by atoms with Gasteiger partial charge >= 0.3 is 0 Å². The van der Waals surface area contributed by atoms with Crippen LogP contribution in [0.2, 0.25) is 0 Å². The Balaban J connectivity index is 1.58. The number of rotatable bonds is 4. The van der Waals surface area contributed by atoms with Crippen LogP contribution >= 0.6 is 0 Å². The van der Waals surface area contributed by atoms with E-state index in [1.807, 2.05) is 0 Å². The van der Waals surface area contributed by atoms with Gasteiger partial charge < -0.3 is 9.84 Å². The largest absolute Gasteiger partial charge is 0.338 e. The number of hydrogen-bond acceptors (Lipinski definition) is 5. The van der Waals surface area contributed by atoms with Crippen LogP contribution in [0.3, 0.4) is 0 Å². The maximum Gasteiger partial charge on any atom is 0.240 e. The molecular formula is C13H22N4O. The highest BCUT2D eigenvalue weighted by molar-refractivity contribution is 4.92. The Morgan fingerprint density at radius 3 is 3.11 bits per heavy atom. The first kappa shape index (κ1) is 12.1. The van der Waals surface area contributed by atoms with Crippen molar-refractivity contribution in [2.24, 2.45) is 0 Å². The van der Waals surface area contributed by atoms with E-state index in [-0.39, 0.29) is 0 Å². The number of likely N-dealkylation sites (tertiary alicyclic amines) is 1. The van der Waals surface area contributed by atoms with Gasteiger partial charge in [-0.25, -0.2) is 0 Å². The fourth-order valence-corrected chi connectivity index (χ4v) is 3.03. The molecule has 100 valence electrons. The molecule has 3 heterocycles. The Labute approximate surface area is 108 Å². The summed E-state index contributed by atoms with van der Waals surface area (Å²) in [5, 5.41) is 7.70. The molecule has 5 heteroatoms. The number of nitrogens with one attached hydrogen (secondary N) is 1. The van der Waals surface area contributed by atoms with Crippen molar-refractivity contribution in [1.82, 2.24) is 20.4 Å². The summed E-state index contributed by atoms with van der Waals surface area (Å²) >= 11 is 0. The molecule has 2 saturated heterocycles. The molecule has 0 aliphatic carbocycles. The molecule has 0 saturated carbocycles. The lowest BCUT2D eigenvalue weighted by Crippen LogP contribution is -2.35. The highest BCUT2D eigenvalue weighted by Crippen LogP contribution is 2.21. The maximum absolute atomic E-state index is 5.32. The second-order valence-electron chi connectivity index (χ2n) is 5.52. The molecule has 2 unspecified atom stereocenters. The lowest BCUT2D eigenvalue weighted by molar-refractivity contribution is 0.216. The zero-order valence-electron chi connectivity index (χ0n) is 11.1. The van der Waals surface area contributed by atoms with Crippen LogP contribution in [0.25, 0.3) is 0 Å². The minimum absolute atomic E-state index is 0.663. The molecule has 0 amide bonds. The maximum atomic E-state index is 5.32. The van der Waals surface area contributed by atoms with Crippen molar-refractivity contribution in [1.29, 1.82) is 0 Å². The fraction of sp³-hybridized carbons (Fsp3) is 0.846. The van der Waals surface area contributed by atoms with Gasteiger partial charge in [0.25, 0.3) is 0 Å². The van der Waals surface area contributed by atoms with E-state index in [4.69, 9.17) is 4.52 Å². The average Bonchev–Trinajstić information content (AvgIpc) is 2.90. The molecule has 5 nitrogen and oxygen atoms in total. The van der Waals surface area contributed by atoms with E-state index < -0.39 is 0 Å². The third-order valence-corrected chi connectivity index (χ3v) is 3.95. The van der Waals surface area contributed by atoms with Crippen molar-refractivity contribution in [3.63, 3.8) is 0 Å². The van der Waals surface area contributed by atoms with E-state index in [9.17, 15) is 0 Å². The number of fused-ring (bicyclic) bond motifs is 2. The number of nitrogens with zero attached hydrogens (tertiary/aromatic N) is 3. The summed E-state index contributed by atoms with van der Waals surface area (Å²) in [5.74, 6) is 1.62. The van der Waals surface area contributed by atoms with Crippen molar-refractivity contribution in [3.05, 3.63) is 11.7 Å². The Morgan fingerprint density at radius 2 is 2.22 bits per heavy atom. The molecule has 2 fully saturated rings. The molecule has 1 aromatic rings. The van der Waals surface area contributed by atoms with E-state index in [0.717, 1.165) is 50.2 Å². The van der Waals surface area contributed by atoms with Crippen LogP contribution in [-0.4, -0.2) is 40.2 Å². The highest BCUT2D eigenvalue weighted by Gasteiger charge is 2.29. The molecule has 0 spiro atoms. The molecule has 18 heavy (non-hydrogen) atoms. The van der Waals surface area contributed by atoms with Gasteiger partial charge in [0.15, 0.2) is 5.82 Å². The normalized spacial score (nSPS) is 28.5. The second-order valence-corrected chi connectivity index (χ2v) is 5.52. The Hall–Kier alpha value is -0.940. The first-order chi connectivity index (χ1) is 8.83. The van der Waals surface area contributed by atoms with Crippen LogP contribution in [0.1, 0.15) is 44.3 Å². The summed E-state index contributed by atoms with van der Waals surface area (Å²) in [6, 6.07) is 1.40. The molecule has 1 aromatic heterocycles. The Morgan fingerprint density at radius 1 is 1.33 bits per heavy atom. The van der Waals surface area contributed by atoms with Gasteiger partial charge in [-0.05, 0) is 25.7 Å². The van der Waals surface area contributed by atoms with Crippen molar-refractivity contribution < 1.29 is 4.52 Å². The van der Waals surface area contributed by atoms with Crippen molar-refractivity contribution in [2.45, 2.75) is 57.7 Å². The van der Waals surface area contributed by atoms with Crippen molar-refractivity contribution >= 4 is 0 Å². The van der Waals surface area contributed by atoms with Gasteiger partial charge in [-0.2, -0.15) is 4.98 Å². The van der Waals surface area contributed by atoms with Crippen LogP contribution in [-0.2, 0) is 13.0 Å². The third kappa shape index (κ3) is 2.72. The molecule has 0 radical (unpaired) electrons. The number of aryl methyl sites for hydroxylation is 1. The molecule has 2 aliphatic heterocycles. The molecule has 1 N–H and O–H groups in total. The number of aromatic nitrogens is 2. The second kappa shape index (κ2) is 5.36. The predicted octanol–water partition coefficient (Wildman–Crippen LogP) is 1.35.